The molecule has 0 radical (unpaired) electrons. The lowest BCUT2D eigenvalue weighted by molar-refractivity contribution is -0.149. The van der Waals surface area contributed by atoms with E-state index in [9.17, 15) is 9.59 Å². The summed E-state index contributed by atoms with van der Waals surface area (Å²) >= 11 is 0. The van der Waals surface area contributed by atoms with Crippen LogP contribution in [0, 0.1) is 0 Å². The lowest BCUT2D eigenvalue weighted by Gasteiger charge is -2.26. The number of hydrogen-bond acceptors (Lipinski definition) is 4. The van der Waals surface area contributed by atoms with E-state index in [0.717, 1.165) is 12.8 Å². The second kappa shape index (κ2) is 8.15. The highest BCUT2D eigenvalue weighted by atomic mass is 16.5. The van der Waals surface area contributed by atoms with Gasteiger partial charge in [0.1, 0.15) is 6.54 Å². The first-order chi connectivity index (χ1) is 9.04. The van der Waals surface area contributed by atoms with E-state index in [0.29, 0.717) is 19.2 Å². The molecule has 1 N–H and O–H groups in total. The smallest absolute Gasteiger partial charge is 0.325 e. The quantitative estimate of drug-likeness (QED) is 0.709. The van der Waals surface area contributed by atoms with Crippen molar-refractivity contribution in [2.45, 2.75) is 58.5 Å². The van der Waals surface area contributed by atoms with Crippen molar-refractivity contribution in [1.29, 1.82) is 0 Å². The molecule has 0 aliphatic heterocycles. The van der Waals surface area contributed by atoms with Crippen molar-refractivity contribution < 1.29 is 14.3 Å². The monoisotopic (exact) mass is 270 g/mol. The van der Waals surface area contributed by atoms with Crippen molar-refractivity contribution in [3.05, 3.63) is 0 Å². The Morgan fingerprint density at radius 2 is 1.95 bits per heavy atom. The standard InChI is InChI=1S/C14H26N2O3/c1-4-19-14(18)10-16(11(2)3)13(17)9-15-12-7-5-6-8-12/h11-12,15H,4-10H2,1-3H3. The fraction of sp³-hybridized carbons (Fsp3) is 0.857. The van der Waals surface area contributed by atoms with Crippen LogP contribution in [0.25, 0.3) is 0 Å². The maximum absolute atomic E-state index is 12.1. The fourth-order valence-corrected chi connectivity index (χ4v) is 2.37. The van der Waals surface area contributed by atoms with E-state index in [1.165, 1.54) is 12.8 Å². The van der Waals surface area contributed by atoms with E-state index >= 15 is 0 Å². The molecule has 0 aromatic rings. The van der Waals surface area contributed by atoms with Crippen LogP contribution in [-0.4, -0.2) is 48.6 Å². The number of nitrogens with zero attached hydrogens (tertiary/aromatic N) is 1. The number of ether oxygens (including phenoxy) is 1. The summed E-state index contributed by atoms with van der Waals surface area (Å²) in [5.41, 5.74) is 0. The predicted molar refractivity (Wildman–Crippen MR) is 73.7 cm³/mol. The zero-order valence-corrected chi connectivity index (χ0v) is 12.3. The minimum atomic E-state index is -0.342. The Morgan fingerprint density at radius 3 is 2.47 bits per heavy atom. The number of carbonyl (C=O) groups is 2. The number of carbonyl (C=O) groups excluding carboxylic acids is 2. The van der Waals surface area contributed by atoms with E-state index in [1.54, 1.807) is 11.8 Å². The Kier molecular flexibility index (Phi) is 6.84. The molecule has 110 valence electrons. The van der Waals surface area contributed by atoms with Crippen LogP contribution >= 0.6 is 0 Å². The zero-order chi connectivity index (χ0) is 14.3. The predicted octanol–water partition coefficient (Wildman–Crippen LogP) is 1.32. The maximum Gasteiger partial charge on any atom is 0.325 e. The van der Waals surface area contributed by atoms with Gasteiger partial charge in [-0.15, -0.1) is 0 Å². The van der Waals surface area contributed by atoms with Gasteiger partial charge in [0, 0.05) is 12.1 Å². The lowest BCUT2D eigenvalue weighted by Crippen LogP contribution is -2.46. The van der Waals surface area contributed by atoms with Gasteiger partial charge in [0.05, 0.1) is 13.2 Å². The summed E-state index contributed by atoms with van der Waals surface area (Å²) in [7, 11) is 0. The number of nitrogens with one attached hydrogen (secondary N) is 1. The normalized spacial score (nSPS) is 15.8. The van der Waals surface area contributed by atoms with Crippen molar-refractivity contribution in [1.82, 2.24) is 10.2 Å². The molecule has 0 aromatic carbocycles. The molecule has 19 heavy (non-hydrogen) atoms. The molecular formula is C14H26N2O3. The van der Waals surface area contributed by atoms with Crippen LogP contribution in [0.5, 0.6) is 0 Å². The third-order valence-corrected chi connectivity index (χ3v) is 3.45. The molecule has 5 nitrogen and oxygen atoms in total. The highest BCUT2D eigenvalue weighted by Crippen LogP contribution is 2.17. The van der Waals surface area contributed by atoms with Crippen LogP contribution in [0.1, 0.15) is 46.5 Å². The second-order valence-corrected chi connectivity index (χ2v) is 5.28. The van der Waals surface area contributed by atoms with Gasteiger partial charge in [0.2, 0.25) is 5.91 Å². The highest BCUT2D eigenvalue weighted by Gasteiger charge is 2.22. The highest BCUT2D eigenvalue weighted by molar-refractivity contribution is 5.83. The molecule has 1 aliphatic rings. The van der Waals surface area contributed by atoms with Gasteiger partial charge < -0.3 is 15.0 Å². The van der Waals surface area contributed by atoms with Crippen LogP contribution in [-0.2, 0) is 14.3 Å². The third-order valence-electron chi connectivity index (χ3n) is 3.45. The molecule has 0 spiro atoms. The third kappa shape index (κ3) is 5.59. The Labute approximate surface area is 115 Å². The van der Waals surface area contributed by atoms with Gasteiger partial charge in [-0.05, 0) is 33.6 Å². The van der Waals surface area contributed by atoms with E-state index < -0.39 is 0 Å². The van der Waals surface area contributed by atoms with Crippen molar-refractivity contribution in [3.8, 4) is 0 Å². The molecule has 1 fully saturated rings. The van der Waals surface area contributed by atoms with Gasteiger partial charge in [0.25, 0.3) is 0 Å². The maximum atomic E-state index is 12.1. The molecular weight excluding hydrogens is 244 g/mol. The largest absolute Gasteiger partial charge is 0.465 e. The number of esters is 1. The van der Waals surface area contributed by atoms with Gasteiger partial charge in [-0.2, -0.15) is 0 Å². The van der Waals surface area contributed by atoms with Gasteiger partial charge in [-0.3, -0.25) is 9.59 Å². The SMILES string of the molecule is CCOC(=O)CN(C(=O)CNC1CCCC1)C(C)C. The summed E-state index contributed by atoms with van der Waals surface area (Å²) in [6, 6.07) is 0.461. The second-order valence-electron chi connectivity index (χ2n) is 5.28. The molecule has 0 unspecified atom stereocenters. The number of rotatable bonds is 7. The van der Waals surface area contributed by atoms with Gasteiger partial charge in [0.15, 0.2) is 0 Å². The van der Waals surface area contributed by atoms with E-state index in [4.69, 9.17) is 4.74 Å². The molecule has 0 atom stereocenters. The van der Waals surface area contributed by atoms with Crippen molar-refractivity contribution in [2.75, 3.05) is 19.7 Å². The van der Waals surface area contributed by atoms with E-state index in [-0.39, 0.29) is 24.5 Å². The van der Waals surface area contributed by atoms with E-state index in [2.05, 4.69) is 5.32 Å². The molecule has 5 heteroatoms. The minimum Gasteiger partial charge on any atom is -0.465 e. The van der Waals surface area contributed by atoms with Gasteiger partial charge >= 0.3 is 5.97 Å². The molecule has 1 rings (SSSR count). The topological polar surface area (TPSA) is 58.6 Å². The molecule has 1 amide bonds. The summed E-state index contributed by atoms with van der Waals surface area (Å²) < 4.78 is 4.90. The Hall–Kier alpha value is -1.10. The number of hydrogen-bond donors (Lipinski definition) is 1. The molecule has 0 heterocycles. The van der Waals surface area contributed by atoms with E-state index in [1.807, 2.05) is 13.8 Å². The molecule has 0 bridgehead atoms. The Balaban J connectivity index is 2.40. The lowest BCUT2D eigenvalue weighted by atomic mass is 10.2. The molecule has 1 saturated carbocycles. The van der Waals surface area contributed by atoms with Crippen LogP contribution in [0.4, 0.5) is 0 Å². The van der Waals surface area contributed by atoms with Crippen LogP contribution in [0.2, 0.25) is 0 Å². The summed E-state index contributed by atoms with van der Waals surface area (Å²) in [6.07, 6.45) is 4.77. The van der Waals surface area contributed by atoms with Crippen molar-refractivity contribution >= 4 is 11.9 Å². The first-order valence-electron chi connectivity index (χ1n) is 7.23. The van der Waals surface area contributed by atoms with Crippen molar-refractivity contribution in [3.63, 3.8) is 0 Å². The fourth-order valence-electron chi connectivity index (χ4n) is 2.37. The van der Waals surface area contributed by atoms with Crippen LogP contribution in [0.15, 0.2) is 0 Å². The average molecular weight is 270 g/mol. The minimum absolute atomic E-state index is 0.00211. The Bertz CT molecular complexity index is 299. The van der Waals surface area contributed by atoms with Gasteiger partial charge in [-0.1, -0.05) is 12.8 Å². The van der Waals surface area contributed by atoms with Crippen molar-refractivity contribution in [2.24, 2.45) is 0 Å². The van der Waals surface area contributed by atoms with Crippen LogP contribution in [0.3, 0.4) is 0 Å². The first kappa shape index (κ1) is 16.0. The summed E-state index contributed by atoms with van der Waals surface area (Å²) in [6.45, 7) is 6.28. The first-order valence-corrected chi connectivity index (χ1v) is 7.23. The summed E-state index contributed by atoms with van der Waals surface area (Å²) in [4.78, 5) is 25.2. The van der Waals surface area contributed by atoms with Gasteiger partial charge in [-0.25, -0.2) is 0 Å². The molecule has 0 aromatic heterocycles. The zero-order valence-electron chi connectivity index (χ0n) is 12.3. The van der Waals surface area contributed by atoms with Crippen LogP contribution < -0.4 is 5.32 Å². The number of amides is 1. The Morgan fingerprint density at radius 1 is 1.32 bits per heavy atom. The molecule has 0 saturated heterocycles. The summed E-state index contributed by atoms with van der Waals surface area (Å²) in [5, 5.41) is 3.28. The average Bonchev–Trinajstić information content (AvgIpc) is 2.86. The summed E-state index contributed by atoms with van der Waals surface area (Å²) in [5.74, 6) is -0.375. The molecule has 1 aliphatic carbocycles.